The van der Waals surface area contributed by atoms with E-state index in [1.807, 2.05) is 43.3 Å². The van der Waals surface area contributed by atoms with E-state index in [0.29, 0.717) is 27.7 Å². The molecule has 3 N–H and O–H groups in total. The molecule has 168 valence electrons. The van der Waals surface area contributed by atoms with Crippen LogP contribution in [0.2, 0.25) is 0 Å². The van der Waals surface area contributed by atoms with E-state index in [2.05, 4.69) is 31.9 Å². The van der Waals surface area contributed by atoms with Gasteiger partial charge in [-0.2, -0.15) is 0 Å². The Balaban J connectivity index is 1.69. The molecule has 4 aromatic heterocycles. The Kier molecular flexibility index (Phi) is 7.66. The normalized spacial score (nSPS) is 13.5. The van der Waals surface area contributed by atoms with Gasteiger partial charge >= 0.3 is 194 Å². The van der Waals surface area contributed by atoms with Gasteiger partial charge in [0.15, 0.2) is 0 Å². The van der Waals surface area contributed by atoms with Crippen LogP contribution in [-0.2, 0) is 0 Å². The van der Waals surface area contributed by atoms with Crippen LogP contribution in [0.4, 0.5) is 5.82 Å². The van der Waals surface area contributed by atoms with Crippen molar-refractivity contribution in [3.05, 3.63) is 76.8 Å². The number of nitrogens with zero attached hydrogens (tertiary/aromatic N) is 4. The fourth-order valence-electron chi connectivity index (χ4n) is 2.93. The number of aliphatic hydroxyl groups is 2. The minimum atomic E-state index is -0.987. The number of ether oxygens (including phenoxy) is 1. The van der Waals surface area contributed by atoms with Crippen molar-refractivity contribution in [3.8, 4) is 11.5 Å². The van der Waals surface area contributed by atoms with Gasteiger partial charge in [-0.05, 0) is 6.07 Å². The van der Waals surface area contributed by atoms with E-state index in [9.17, 15) is 5.11 Å². The van der Waals surface area contributed by atoms with Crippen molar-refractivity contribution in [1.29, 1.82) is 0 Å². The summed E-state index contributed by atoms with van der Waals surface area (Å²) in [6, 6.07) is 11.4. The van der Waals surface area contributed by atoms with Crippen molar-refractivity contribution in [2.75, 3.05) is 6.61 Å². The van der Waals surface area contributed by atoms with E-state index in [-0.39, 0.29) is 11.9 Å². The Morgan fingerprint density at radius 1 is 1.18 bits per heavy atom. The van der Waals surface area contributed by atoms with E-state index >= 15 is 0 Å². The van der Waals surface area contributed by atoms with Gasteiger partial charge in [-0.3, -0.25) is 0 Å². The van der Waals surface area contributed by atoms with Gasteiger partial charge in [-0.1, -0.05) is 0 Å². The molecule has 0 aromatic carbocycles. The monoisotopic (exact) mass is 479 g/mol. The van der Waals surface area contributed by atoms with Gasteiger partial charge in [0.05, 0.1) is 0 Å². The molecule has 0 saturated heterocycles. The van der Waals surface area contributed by atoms with Gasteiger partial charge in [0.1, 0.15) is 0 Å². The Bertz CT molecular complexity index is 1280. The SMILES string of the molecule is Cc1ncccc1Oc1cc(SC(C)c2ccccn2)cnc1/N=c1/[nH]c(C(O)CO)bs1. The number of rotatable bonds is 8. The summed E-state index contributed by atoms with van der Waals surface area (Å²) in [6.07, 6.45) is 5.97. The average Bonchev–Trinajstić information content (AvgIpc) is 3.31. The van der Waals surface area contributed by atoms with Gasteiger partial charge in [0.25, 0.3) is 0 Å². The van der Waals surface area contributed by atoms with Crippen LogP contribution in [0.5, 0.6) is 11.5 Å². The van der Waals surface area contributed by atoms with E-state index < -0.39 is 6.10 Å². The third-order valence-electron chi connectivity index (χ3n) is 4.69. The standard InChI is InChI=1S/C22H22BN5O3S2/c1-13-18(7-5-9-24-13)31-19-10-15(32-14(2)16-6-3-4-8-25-16)11-26-21(19)28-22-27-20(23-33-22)17(30)12-29/h3-11,14,17,29-30H,12H2,1-2H3,(H,26,27,28). The number of hydrogen-bond acceptors (Lipinski definition) is 9. The Labute approximate surface area is 199 Å². The molecule has 33 heavy (non-hydrogen) atoms. The molecule has 0 amide bonds. The second-order valence-electron chi connectivity index (χ2n) is 7.13. The Morgan fingerprint density at radius 2 is 2.03 bits per heavy atom. The van der Waals surface area contributed by atoms with E-state index in [1.54, 1.807) is 36.5 Å². The molecule has 2 atom stereocenters. The van der Waals surface area contributed by atoms with Crippen molar-refractivity contribution in [3.63, 3.8) is 0 Å². The molecule has 0 saturated carbocycles. The number of hydrogen-bond donors (Lipinski definition) is 3. The Hall–Kier alpha value is -2.86. The molecule has 8 nitrogen and oxygen atoms in total. The van der Waals surface area contributed by atoms with Gasteiger partial charge in [0.2, 0.25) is 0 Å². The van der Waals surface area contributed by atoms with Crippen molar-refractivity contribution in [1.82, 2.24) is 19.9 Å². The molecule has 4 aromatic rings. The number of H-pyrrole nitrogens is 1. The van der Waals surface area contributed by atoms with Crippen molar-refractivity contribution < 1.29 is 14.9 Å². The maximum absolute atomic E-state index is 9.83. The molecule has 0 spiro atoms. The van der Waals surface area contributed by atoms with Crippen molar-refractivity contribution in [2.45, 2.75) is 30.1 Å². The predicted octanol–water partition coefficient (Wildman–Crippen LogP) is 3.81. The van der Waals surface area contributed by atoms with Crippen molar-refractivity contribution in [2.24, 2.45) is 4.99 Å². The van der Waals surface area contributed by atoms with Crippen LogP contribution in [0, 0.1) is 6.92 Å². The third-order valence-corrected chi connectivity index (χ3v) is 6.57. The molecule has 0 aliphatic rings. The zero-order valence-corrected chi connectivity index (χ0v) is 19.7. The molecule has 0 aliphatic heterocycles. The molecule has 4 heterocycles. The number of nitrogens with one attached hydrogen (secondary N) is 1. The van der Waals surface area contributed by atoms with Crippen LogP contribution in [0.15, 0.2) is 64.9 Å². The number of thioether (sulfide) groups is 1. The molecule has 0 aliphatic carbocycles. The maximum atomic E-state index is 9.83. The van der Waals surface area contributed by atoms with E-state index in [0.717, 1.165) is 16.3 Å². The average molecular weight is 479 g/mol. The first-order valence-corrected chi connectivity index (χ1v) is 12.0. The van der Waals surface area contributed by atoms with Crippen LogP contribution in [0.25, 0.3) is 0 Å². The number of aryl methyl sites for hydroxylation is 1. The van der Waals surface area contributed by atoms with Gasteiger partial charge < -0.3 is 0 Å². The summed E-state index contributed by atoms with van der Waals surface area (Å²) in [7, 11) is 0. The van der Waals surface area contributed by atoms with Crippen LogP contribution in [0.3, 0.4) is 0 Å². The summed E-state index contributed by atoms with van der Waals surface area (Å²) in [5.41, 5.74) is 2.22. The summed E-state index contributed by atoms with van der Waals surface area (Å²) in [5.74, 6) is 1.48. The van der Waals surface area contributed by atoms with Gasteiger partial charge in [-0.15, -0.1) is 0 Å². The van der Waals surface area contributed by atoms with Crippen molar-refractivity contribution >= 4 is 34.9 Å². The van der Waals surface area contributed by atoms with E-state index in [4.69, 9.17) is 9.84 Å². The second kappa shape index (κ2) is 10.8. The number of aliphatic hydroxyl groups excluding tert-OH is 2. The zero-order chi connectivity index (χ0) is 23.2. The predicted molar refractivity (Wildman–Crippen MR) is 129 cm³/mol. The third kappa shape index (κ3) is 5.94. The number of aromatic nitrogens is 4. The first-order chi connectivity index (χ1) is 16.0. The molecule has 2 unspecified atom stereocenters. The van der Waals surface area contributed by atoms with Crippen LogP contribution in [0.1, 0.15) is 35.3 Å². The number of aromatic amines is 1. The number of pyridine rings is 3. The van der Waals surface area contributed by atoms with Crippen LogP contribution < -0.4 is 9.54 Å². The fourth-order valence-corrected chi connectivity index (χ4v) is 4.66. The molecular formula is C22H22BN5O3S2. The zero-order valence-electron chi connectivity index (χ0n) is 18.0. The first-order valence-electron chi connectivity index (χ1n) is 10.2. The minimum absolute atomic E-state index is 0.122. The van der Waals surface area contributed by atoms with Crippen LogP contribution in [-0.4, -0.2) is 42.9 Å². The quantitative estimate of drug-likeness (QED) is 0.329. The van der Waals surface area contributed by atoms with Gasteiger partial charge in [0, 0.05) is 0 Å². The van der Waals surface area contributed by atoms with E-state index in [1.165, 1.54) is 11.2 Å². The molecule has 0 radical (unpaired) electrons. The summed E-state index contributed by atoms with van der Waals surface area (Å²) in [5, 5.41) is 19.1. The molecule has 4 rings (SSSR count). The Morgan fingerprint density at radius 3 is 2.79 bits per heavy atom. The fraction of sp³-hybridized carbons (Fsp3) is 0.227. The van der Waals surface area contributed by atoms with Crippen LogP contribution >= 0.6 is 22.9 Å². The molecule has 11 heteroatoms. The summed E-state index contributed by atoms with van der Waals surface area (Å²) in [6.45, 7) is 3.59. The molecular weight excluding hydrogens is 457 g/mol. The molecule has 0 bridgehead atoms. The topological polar surface area (TPSA) is 117 Å². The summed E-state index contributed by atoms with van der Waals surface area (Å²) >= 11 is 2.93. The molecule has 0 fully saturated rings. The first kappa shape index (κ1) is 23.3. The second-order valence-corrected chi connectivity index (χ2v) is 9.40. The van der Waals surface area contributed by atoms with Gasteiger partial charge in [-0.25, -0.2) is 0 Å². The summed E-state index contributed by atoms with van der Waals surface area (Å²) in [4.78, 5) is 22.3. The summed E-state index contributed by atoms with van der Waals surface area (Å²) < 4.78 is 6.17.